The molecule has 66 heavy (non-hydrogen) atoms. The van der Waals surface area contributed by atoms with Crippen LogP contribution in [0.25, 0.3) is 20.7 Å². The quantitative estimate of drug-likeness (QED) is 0.0945. The average Bonchev–Trinajstić information content (AvgIpc) is 3.98. The number of nitrogens with zero attached hydrogens (tertiary/aromatic N) is 7. The van der Waals surface area contributed by atoms with E-state index in [1.165, 1.54) is 9.80 Å². The number of aromatic hydroxyl groups is 1. The van der Waals surface area contributed by atoms with Crippen LogP contribution >= 0.6 is 22.9 Å². The number of hydrogen-bond donors (Lipinski definition) is 1. The van der Waals surface area contributed by atoms with Crippen molar-refractivity contribution < 1.29 is 29.0 Å². The number of allylic oxidation sites excluding steroid dienone is 3. The number of ether oxygens (including phenoxy) is 1. The second-order valence-corrected chi connectivity index (χ2v) is 19.8. The molecular formula is C51H44ClN7O6S. The maximum atomic E-state index is 15.4. The predicted octanol–water partition coefficient (Wildman–Crippen LogP) is 10.2. The highest BCUT2D eigenvalue weighted by atomic mass is 35.5. The van der Waals surface area contributed by atoms with Crippen LogP contribution in [0, 0.1) is 41.9 Å². The van der Waals surface area contributed by atoms with Crippen molar-refractivity contribution >= 4 is 85.2 Å². The van der Waals surface area contributed by atoms with E-state index in [2.05, 4.69) is 10.2 Å². The summed E-state index contributed by atoms with van der Waals surface area (Å²) in [5.41, 5.74) is 5.36. The van der Waals surface area contributed by atoms with Gasteiger partial charge in [-0.1, -0.05) is 23.3 Å². The van der Waals surface area contributed by atoms with E-state index in [4.69, 9.17) is 21.4 Å². The van der Waals surface area contributed by atoms with E-state index in [1.807, 2.05) is 81.4 Å². The first-order valence-electron chi connectivity index (χ1n) is 21.9. The number of rotatable bonds is 7. The number of carbonyl (C=O) groups excluding carboxylic acids is 4. The zero-order valence-electron chi connectivity index (χ0n) is 36.7. The predicted molar refractivity (Wildman–Crippen MR) is 254 cm³/mol. The van der Waals surface area contributed by atoms with Crippen molar-refractivity contribution in [3.05, 3.63) is 131 Å². The summed E-state index contributed by atoms with van der Waals surface area (Å²) in [5, 5.41) is 25.7. The Labute approximate surface area is 389 Å². The molecule has 0 unspecified atom stereocenters. The third kappa shape index (κ3) is 6.36. The Kier molecular flexibility index (Phi) is 9.72. The summed E-state index contributed by atoms with van der Waals surface area (Å²) in [7, 11) is 5.66. The lowest BCUT2D eigenvalue weighted by molar-refractivity contribution is -0.132. The molecule has 15 heteroatoms. The molecule has 5 heterocycles. The number of hydrogen-bond acceptors (Lipinski definition) is 11. The van der Waals surface area contributed by atoms with Crippen molar-refractivity contribution in [1.29, 1.82) is 0 Å². The standard InChI is InChI=1S/C51H44ClN7O6S/c1-26-37-22-29(52)6-19-42(37)66-46(26)40-24-43(57(5)55-40)59-48(62)39-23-38-35(45(51(39,2)50(59)64)28-20-27-21-34(60)15-18-41(27)65-25-28)16-17-36-44(38)49(63)58(47(36)61)33-13-9-31(10-14-33)54-53-30-7-11-32(12-8-30)56(3)4/h6-16,18-19,21-22,24-25,36,38-39,44-45,60H,17,20,23H2,1-5H3/t36-,38+,39-,44-,45-,51+/m0/s1. The molecule has 1 saturated carbocycles. The van der Waals surface area contributed by atoms with Crippen molar-refractivity contribution in [2.75, 3.05) is 28.8 Å². The number of amides is 4. The third-order valence-electron chi connectivity index (χ3n) is 14.4. The number of halogens is 1. The summed E-state index contributed by atoms with van der Waals surface area (Å²) in [4.78, 5) is 65.2. The molecule has 6 atom stereocenters. The monoisotopic (exact) mass is 917 g/mol. The number of carbonyl (C=O) groups is 4. The van der Waals surface area contributed by atoms with Gasteiger partial charge in [-0.2, -0.15) is 15.3 Å². The van der Waals surface area contributed by atoms with E-state index in [9.17, 15) is 14.7 Å². The highest BCUT2D eigenvalue weighted by molar-refractivity contribution is 7.22. The number of phenolic OH excluding ortho intramolecular Hbond substituents is 1. The van der Waals surface area contributed by atoms with Crippen LogP contribution < -0.4 is 19.4 Å². The highest BCUT2D eigenvalue weighted by Gasteiger charge is 2.68. The van der Waals surface area contributed by atoms with E-state index < -0.39 is 35.0 Å². The maximum Gasteiger partial charge on any atom is 0.242 e. The summed E-state index contributed by atoms with van der Waals surface area (Å²) in [6.45, 7) is 3.87. The average molecular weight is 918 g/mol. The fraction of sp³-hybridized carbons (Fsp3) is 0.275. The lowest BCUT2D eigenvalue weighted by Crippen LogP contribution is -2.51. The molecule has 3 aliphatic heterocycles. The van der Waals surface area contributed by atoms with Gasteiger partial charge in [0, 0.05) is 60.5 Å². The SMILES string of the molecule is Cc1c(-c2cc(N3C(=O)[C@@H]4C[C@@H]5C(=CC[C@@H]6C(=O)N(c7ccc(N=Nc8ccc(N(C)C)cc8)cc7)C(=O)[C@@H]65)[C@H](C5=COc6ccc(O)cc6C5)[C@]4(C)C3=O)n(C)n2)sc2ccc(Cl)cc12. The van der Waals surface area contributed by atoms with Crippen LogP contribution in [0.3, 0.4) is 0 Å². The fourth-order valence-electron chi connectivity index (χ4n) is 11.1. The number of benzene rings is 4. The molecule has 2 aliphatic carbocycles. The smallest absolute Gasteiger partial charge is 0.242 e. The summed E-state index contributed by atoms with van der Waals surface area (Å²) >= 11 is 7.93. The first-order valence-corrected chi connectivity index (χ1v) is 23.1. The number of fused-ring (bicyclic) bond motifs is 6. The highest BCUT2D eigenvalue weighted by Crippen LogP contribution is 2.63. The Morgan fingerprint density at radius 3 is 2.33 bits per heavy atom. The van der Waals surface area contributed by atoms with Crippen LogP contribution in [-0.2, 0) is 32.6 Å². The zero-order valence-corrected chi connectivity index (χ0v) is 38.3. The molecule has 0 spiro atoms. The van der Waals surface area contributed by atoms with Gasteiger partial charge in [-0.05, 0) is 134 Å². The van der Waals surface area contributed by atoms with Crippen molar-refractivity contribution in [2.24, 2.45) is 52.3 Å². The van der Waals surface area contributed by atoms with Crippen LogP contribution in [0.4, 0.5) is 28.6 Å². The van der Waals surface area contributed by atoms with E-state index in [0.29, 0.717) is 45.8 Å². The van der Waals surface area contributed by atoms with Crippen LogP contribution in [0.1, 0.15) is 30.9 Å². The minimum atomic E-state index is -1.30. The van der Waals surface area contributed by atoms with Crippen LogP contribution in [-0.4, -0.2) is 52.6 Å². The van der Waals surface area contributed by atoms with Gasteiger partial charge in [-0.3, -0.25) is 28.8 Å². The number of imide groups is 2. The molecule has 4 aromatic carbocycles. The van der Waals surface area contributed by atoms with Crippen molar-refractivity contribution in [3.8, 4) is 22.1 Å². The molecule has 1 N–H and O–H groups in total. The number of phenols is 1. The maximum absolute atomic E-state index is 15.4. The molecule has 4 amide bonds. The first kappa shape index (κ1) is 41.8. The Bertz CT molecular complexity index is 3170. The number of azo groups is 1. The minimum Gasteiger partial charge on any atom is -0.508 e. The number of aromatic nitrogens is 2. The Morgan fingerprint density at radius 2 is 1.61 bits per heavy atom. The first-order chi connectivity index (χ1) is 31.7. The molecule has 2 saturated heterocycles. The van der Waals surface area contributed by atoms with Gasteiger partial charge in [-0.25, -0.2) is 4.90 Å². The summed E-state index contributed by atoms with van der Waals surface area (Å²) in [5.74, 6) is -3.87. The normalized spacial score (nSPS) is 24.6. The van der Waals surface area contributed by atoms with Gasteiger partial charge < -0.3 is 14.7 Å². The van der Waals surface area contributed by atoms with Crippen molar-refractivity contribution in [1.82, 2.24) is 9.78 Å². The molecular weight excluding hydrogens is 874 g/mol. The van der Waals surface area contributed by atoms with E-state index in [0.717, 1.165) is 42.9 Å². The second-order valence-electron chi connectivity index (χ2n) is 18.3. The molecule has 0 radical (unpaired) electrons. The van der Waals surface area contributed by atoms with Crippen LogP contribution in [0.15, 0.2) is 125 Å². The van der Waals surface area contributed by atoms with E-state index >= 15 is 9.59 Å². The van der Waals surface area contributed by atoms with Crippen LogP contribution in [0.2, 0.25) is 5.02 Å². The number of anilines is 3. The summed E-state index contributed by atoms with van der Waals surface area (Å²) in [6.07, 6.45) is 4.50. The lowest BCUT2D eigenvalue weighted by atomic mass is 9.51. The van der Waals surface area contributed by atoms with Gasteiger partial charge in [0.05, 0.1) is 51.4 Å². The zero-order chi connectivity index (χ0) is 45.9. The Morgan fingerprint density at radius 1 is 0.879 bits per heavy atom. The van der Waals surface area contributed by atoms with Crippen molar-refractivity contribution in [3.63, 3.8) is 0 Å². The lowest BCUT2D eigenvalue weighted by Gasteiger charge is -2.49. The van der Waals surface area contributed by atoms with Gasteiger partial charge in [0.2, 0.25) is 23.6 Å². The second kappa shape index (κ2) is 15.3. The molecule has 13 nitrogen and oxygen atoms in total. The largest absolute Gasteiger partial charge is 0.508 e. The summed E-state index contributed by atoms with van der Waals surface area (Å²) < 4.78 is 8.81. The molecule has 5 aliphatic rings. The van der Waals surface area contributed by atoms with E-state index in [1.54, 1.807) is 77.9 Å². The third-order valence-corrected chi connectivity index (χ3v) is 15.9. The summed E-state index contributed by atoms with van der Waals surface area (Å²) in [6, 6.07) is 27.0. The van der Waals surface area contributed by atoms with Gasteiger partial charge in [-0.15, -0.1) is 11.3 Å². The number of thiophene rings is 1. The minimum absolute atomic E-state index is 0.0763. The van der Waals surface area contributed by atoms with E-state index in [-0.39, 0.29) is 42.2 Å². The molecule has 2 aromatic heterocycles. The molecule has 3 fully saturated rings. The van der Waals surface area contributed by atoms with Gasteiger partial charge in [0.15, 0.2) is 0 Å². The molecule has 0 bridgehead atoms. The van der Waals surface area contributed by atoms with Crippen LogP contribution in [0.5, 0.6) is 11.5 Å². The Hall–Kier alpha value is -6.90. The molecule has 6 aromatic rings. The Balaban J connectivity index is 0.940. The van der Waals surface area contributed by atoms with Gasteiger partial charge >= 0.3 is 0 Å². The molecule has 332 valence electrons. The fourth-order valence-corrected chi connectivity index (χ4v) is 12.5. The van der Waals surface area contributed by atoms with Gasteiger partial charge in [0.1, 0.15) is 23.0 Å². The number of aryl methyl sites for hydroxylation is 2. The molecule has 11 rings (SSSR count). The van der Waals surface area contributed by atoms with Crippen molar-refractivity contribution in [2.45, 2.75) is 33.1 Å². The topological polar surface area (TPSA) is 150 Å². The van der Waals surface area contributed by atoms with Gasteiger partial charge in [0.25, 0.3) is 0 Å².